The van der Waals surface area contributed by atoms with Gasteiger partial charge < -0.3 is 4.74 Å². The third kappa shape index (κ3) is 4.01. The maximum atomic E-state index is 11.8. The van der Waals surface area contributed by atoms with Crippen molar-refractivity contribution in [1.82, 2.24) is 9.29 Å². The summed E-state index contributed by atoms with van der Waals surface area (Å²) in [6, 6.07) is 0. The fourth-order valence-electron chi connectivity index (χ4n) is 1.42. The monoisotopic (exact) mass is 292 g/mol. The molecule has 0 N–H and O–H groups in total. The fourth-order valence-corrected chi connectivity index (χ4v) is 3.42. The Morgan fingerprint density at radius 3 is 2.78 bits per heavy atom. The maximum absolute atomic E-state index is 11.8. The van der Waals surface area contributed by atoms with Gasteiger partial charge in [0.25, 0.3) is 0 Å². The van der Waals surface area contributed by atoms with Gasteiger partial charge in [0.05, 0.1) is 18.0 Å². The normalized spacial score (nSPS) is 14.1. The first-order valence-electron chi connectivity index (χ1n) is 5.81. The van der Waals surface area contributed by atoms with Crippen LogP contribution in [-0.4, -0.2) is 37.6 Å². The summed E-state index contributed by atoms with van der Waals surface area (Å²) in [5.74, 6) is 0.176. The molecule has 1 aromatic rings. The highest BCUT2D eigenvalue weighted by Crippen LogP contribution is 2.21. The Morgan fingerprint density at radius 2 is 2.22 bits per heavy atom. The van der Waals surface area contributed by atoms with E-state index in [-0.39, 0.29) is 11.9 Å². The number of methoxy groups -OCH3 is 1. The third-order valence-corrected chi connectivity index (χ3v) is 5.65. The standard InChI is InChI=1S/C11H20N2O3S2/c1-5-6-18(14,15)13(3)7-10-8-17-11(12-10)9(2)16-4/h8-9H,5-7H2,1-4H3. The molecular weight excluding hydrogens is 272 g/mol. The van der Waals surface area contributed by atoms with Gasteiger partial charge in [-0.05, 0) is 13.3 Å². The van der Waals surface area contributed by atoms with E-state index < -0.39 is 10.0 Å². The molecule has 0 radical (unpaired) electrons. The van der Waals surface area contributed by atoms with E-state index in [0.717, 1.165) is 10.7 Å². The van der Waals surface area contributed by atoms with Crippen LogP contribution in [0, 0.1) is 0 Å². The second kappa shape index (κ2) is 6.60. The van der Waals surface area contributed by atoms with Crippen molar-refractivity contribution in [3.05, 3.63) is 16.1 Å². The van der Waals surface area contributed by atoms with Crippen molar-refractivity contribution in [2.75, 3.05) is 19.9 Å². The van der Waals surface area contributed by atoms with Crippen LogP contribution in [0.5, 0.6) is 0 Å². The largest absolute Gasteiger partial charge is 0.375 e. The summed E-state index contributed by atoms with van der Waals surface area (Å²) in [4.78, 5) is 4.38. The van der Waals surface area contributed by atoms with Crippen molar-refractivity contribution < 1.29 is 13.2 Å². The molecule has 1 rings (SSSR count). The second-order valence-corrected chi connectivity index (χ2v) is 7.21. The summed E-state index contributed by atoms with van der Waals surface area (Å²) in [6.45, 7) is 4.09. The summed E-state index contributed by atoms with van der Waals surface area (Å²) in [5.41, 5.74) is 0.765. The first-order valence-corrected chi connectivity index (χ1v) is 8.30. The van der Waals surface area contributed by atoms with Crippen LogP contribution in [0.3, 0.4) is 0 Å². The van der Waals surface area contributed by atoms with Gasteiger partial charge in [0, 0.05) is 19.5 Å². The number of thiazole rings is 1. The summed E-state index contributed by atoms with van der Waals surface area (Å²) in [6.07, 6.45) is 0.566. The number of nitrogens with zero attached hydrogens (tertiary/aromatic N) is 2. The van der Waals surface area contributed by atoms with Crippen molar-refractivity contribution in [2.24, 2.45) is 0 Å². The lowest BCUT2D eigenvalue weighted by atomic mass is 10.4. The van der Waals surface area contributed by atoms with Gasteiger partial charge in [0.15, 0.2) is 0 Å². The average Bonchev–Trinajstić information content (AvgIpc) is 2.76. The Kier molecular flexibility index (Phi) is 5.71. The molecule has 0 saturated heterocycles. The van der Waals surface area contributed by atoms with E-state index in [0.29, 0.717) is 13.0 Å². The molecule has 0 saturated carbocycles. The van der Waals surface area contributed by atoms with Crippen molar-refractivity contribution >= 4 is 21.4 Å². The molecule has 104 valence electrons. The van der Waals surface area contributed by atoms with Gasteiger partial charge in [-0.15, -0.1) is 11.3 Å². The van der Waals surface area contributed by atoms with E-state index in [1.165, 1.54) is 15.6 Å². The van der Waals surface area contributed by atoms with E-state index in [2.05, 4.69) is 4.98 Å². The highest BCUT2D eigenvalue weighted by Gasteiger charge is 2.18. The molecule has 0 spiro atoms. The number of rotatable bonds is 7. The van der Waals surface area contributed by atoms with Crippen LogP contribution in [0.1, 0.15) is 37.1 Å². The van der Waals surface area contributed by atoms with Crippen molar-refractivity contribution in [3.63, 3.8) is 0 Å². The maximum Gasteiger partial charge on any atom is 0.214 e. The van der Waals surface area contributed by atoms with E-state index in [1.54, 1.807) is 14.2 Å². The lowest BCUT2D eigenvalue weighted by Gasteiger charge is -2.15. The minimum Gasteiger partial charge on any atom is -0.375 e. The molecule has 1 heterocycles. The zero-order valence-electron chi connectivity index (χ0n) is 11.2. The van der Waals surface area contributed by atoms with Gasteiger partial charge in [-0.1, -0.05) is 6.92 Å². The number of ether oxygens (including phenoxy) is 1. The molecule has 7 heteroatoms. The van der Waals surface area contributed by atoms with E-state index in [9.17, 15) is 8.42 Å². The Morgan fingerprint density at radius 1 is 1.56 bits per heavy atom. The summed E-state index contributed by atoms with van der Waals surface area (Å²) in [5, 5.41) is 2.75. The lowest BCUT2D eigenvalue weighted by molar-refractivity contribution is 0.119. The Balaban J connectivity index is 2.71. The summed E-state index contributed by atoms with van der Waals surface area (Å²) >= 11 is 1.49. The molecule has 0 bridgehead atoms. The Bertz CT molecular complexity index is 470. The van der Waals surface area contributed by atoms with Gasteiger partial charge >= 0.3 is 0 Å². The minimum absolute atomic E-state index is 0.0543. The zero-order chi connectivity index (χ0) is 13.8. The van der Waals surface area contributed by atoms with Gasteiger partial charge in [0.1, 0.15) is 11.1 Å². The third-order valence-electron chi connectivity index (χ3n) is 2.59. The van der Waals surface area contributed by atoms with Crippen molar-refractivity contribution in [3.8, 4) is 0 Å². The highest BCUT2D eigenvalue weighted by molar-refractivity contribution is 7.89. The van der Waals surface area contributed by atoms with Crippen LogP contribution in [-0.2, 0) is 21.3 Å². The molecule has 1 atom stereocenters. The molecule has 0 fully saturated rings. The van der Waals surface area contributed by atoms with Crippen LogP contribution in [0.4, 0.5) is 0 Å². The van der Waals surface area contributed by atoms with Crippen LogP contribution in [0.2, 0.25) is 0 Å². The molecule has 0 amide bonds. The minimum atomic E-state index is -3.16. The topological polar surface area (TPSA) is 59.5 Å². The summed E-state index contributed by atoms with van der Waals surface area (Å²) in [7, 11) is 0.0572. The predicted octanol–water partition coefficient (Wildman–Crippen LogP) is 2.02. The molecule has 0 aliphatic carbocycles. The fraction of sp³-hybridized carbons (Fsp3) is 0.727. The van der Waals surface area contributed by atoms with Gasteiger partial charge in [0.2, 0.25) is 10.0 Å². The molecule has 0 aliphatic rings. The van der Waals surface area contributed by atoms with Crippen LogP contribution < -0.4 is 0 Å². The van der Waals surface area contributed by atoms with Crippen LogP contribution in [0.25, 0.3) is 0 Å². The molecule has 5 nitrogen and oxygen atoms in total. The molecule has 1 aromatic heterocycles. The van der Waals surface area contributed by atoms with E-state index in [1.807, 2.05) is 19.2 Å². The van der Waals surface area contributed by atoms with Gasteiger partial charge in [-0.25, -0.2) is 13.4 Å². The molecular formula is C11H20N2O3S2. The lowest BCUT2D eigenvalue weighted by Crippen LogP contribution is -2.28. The Hall–Kier alpha value is -0.500. The highest BCUT2D eigenvalue weighted by atomic mass is 32.2. The Labute approximate surface area is 113 Å². The van der Waals surface area contributed by atoms with Gasteiger partial charge in [-0.3, -0.25) is 0 Å². The van der Waals surface area contributed by atoms with Crippen molar-refractivity contribution in [1.29, 1.82) is 0 Å². The smallest absolute Gasteiger partial charge is 0.214 e. The van der Waals surface area contributed by atoms with Crippen molar-refractivity contribution in [2.45, 2.75) is 32.9 Å². The predicted molar refractivity (Wildman–Crippen MR) is 73.1 cm³/mol. The van der Waals surface area contributed by atoms with E-state index in [4.69, 9.17) is 4.74 Å². The molecule has 18 heavy (non-hydrogen) atoms. The summed E-state index contributed by atoms with van der Waals surface area (Å²) < 4.78 is 30.1. The number of aromatic nitrogens is 1. The SMILES string of the molecule is CCCS(=O)(=O)N(C)Cc1csc(C(C)OC)n1. The van der Waals surface area contributed by atoms with Gasteiger partial charge in [-0.2, -0.15) is 4.31 Å². The number of hydrogen-bond acceptors (Lipinski definition) is 5. The molecule has 0 aliphatic heterocycles. The number of hydrogen-bond donors (Lipinski definition) is 0. The zero-order valence-corrected chi connectivity index (χ0v) is 12.8. The molecule has 1 unspecified atom stereocenters. The second-order valence-electron chi connectivity index (χ2n) is 4.13. The first kappa shape index (κ1) is 15.6. The van der Waals surface area contributed by atoms with Crippen LogP contribution >= 0.6 is 11.3 Å². The molecule has 0 aromatic carbocycles. The average molecular weight is 292 g/mol. The van der Waals surface area contributed by atoms with E-state index >= 15 is 0 Å². The first-order chi connectivity index (χ1) is 8.40. The van der Waals surface area contributed by atoms with Crippen LogP contribution in [0.15, 0.2) is 5.38 Å². The quantitative estimate of drug-likeness (QED) is 0.771. The number of sulfonamides is 1.